The maximum absolute atomic E-state index is 9.36. The van der Waals surface area contributed by atoms with Crippen LogP contribution in [-0.2, 0) is 6.42 Å². The lowest BCUT2D eigenvalue weighted by molar-refractivity contribution is 0.385. The molecule has 1 aliphatic heterocycles. The van der Waals surface area contributed by atoms with Crippen molar-refractivity contribution >= 4 is 5.69 Å². The van der Waals surface area contributed by atoms with Gasteiger partial charge in [-0.05, 0) is 36.6 Å². The first-order valence-electron chi connectivity index (χ1n) is 5.79. The molecule has 1 aromatic carbocycles. The lowest BCUT2D eigenvalue weighted by Crippen LogP contribution is -2.20. The second-order valence-corrected chi connectivity index (χ2v) is 4.35. The first-order chi connectivity index (χ1) is 7.84. The molecule has 1 heterocycles. The predicted molar refractivity (Wildman–Crippen MR) is 65.5 cm³/mol. The van der Waals surface area contributed by atoms with E-state index in [2.05, 4.69) is 29.2 Å². The number of hydrogen-bond donors (Lipinski definition) is 1. The Kier molecular flexibility index (Phi) is 2.21. The van der Waals surface area contributed by atoms with Crippen molar-refractivity contribution in [2.45, 2.75) is 19.3 Å². The van der Waals surface area contributed by atoms with E-state index >= 15 is 0 Å². The predicted octanol–water partition coefficient (Wildman–Crippen LogP) is 3.17. The molecule has 1 aromatic rings. The van der Waals surface area contributed by atoms with Gasteiger partial charge >= 0.3 is 0 Å². The summed E-state index contributed by atoms with van der Waals surface area (Å²) in [5.41, 5.74) is 4.09. The highest BCUT2D eigenvalue weighted by Crippen LogP contribution is 2.33. The Hall–Kier alpha value is -1.70. The monoisotopic (exact) mass is 213 g/mol. The summed E-state index contributed by atoms with van der Waals surface area (Å²) >= 11 is 0. The molecule has 82 valence electrons. The molecule has 2 aliphatic rings. The average Bonchev–Trinajstić information content (AvgIpc) is 2.74. The van der Waals surface area contributed by atoms with Gasteiger partial charge in [0.15, 0.2) is 0 Å². The molecule has 0 saturated heterocycles. The van der Waals surface area contributed by atoms with Crippen LogP contribution >= 0.6 is 0 Å². The van der Waals surface area contributed by atoms with E-state index in [9.17, 15) is 5.11 Å². The van der Waals surface area contributed by atoms with Crippen molar-refractivity contribution in [1.82, 2.24) is 0 Å². The molecule has 0 aromatic heterocycles. The standard InChI is InChI=1S/C14H15NO/c16-13-7-5-12(6-8-13)15-10-9-11-3-1-2-4-14(11)15/h1-5,7,16H,6,8-10H2. The second-order valence-electron chi connectivity index (χ2n) is 4.35. The van der Waals surface area contributed by atoms with Gasteiger partial charge in [0.2, 0.25) is 0 Å². The summed E-state index contributed by atoms with van der Waals surface area (Å²) in [5, 5.41) is 9.36. The molecular weight excluding hydrogens is 198 g/mol. The third-order valence-electron chi connectivity index (χ3n) is 3.34. The number of rotatable bonds is 1. The summed E-state index contributed by atoms with van der Waals surface area (Å²) < 4.78 is 0. The van der Waals surface area contributed by atoms with Crippen LogP contribution < -0.4 is 4.90 Å². The number of para-hydroxylation sites is 1. The van der Waals surface area contributed by atoms with Gasteiger partial charge in [-0.1, -0.05) is 18.2 Å². The number of anilines is 1. The molecule has 2 heteroatoms. The first-order valence-corrected chi connectivity index (χ1v) is 5.79. The highest BCUT2D eigenvalue weighted by Gasteiger charge is 2.22. The molecule has 0 radical (unpaired) electrons. The van der Waals surface area contributed by atoms with Crippen LogP contribution in [0.25, 0.3) is 0 Å². The zero-order valence-corrected chi connectivity index (χ0v) is 9.19. The van der Waals surface area contributed by atoms with E-state index < -0.39 is 0 Å². The van der Waals surface area contributed by atoms with Crippen molar-refractivity contribution in [3.8, 4) is 0 Å². The van der Waals surface area contributed by atoms with E-state index in [1.165, 1.54) is 16.9 Å². The molecule has 0 spiro atoms. The van der Waals surface area contributed by atoms with Gasteiger partial charge in [0.05, 0.1) is 5.76 Å². The number of aliphatic hydroxyl groups is 1. The van der Waals surface area contributed by atoms with Crippen LogP contribution in [0.4, 0.5) is 5.69 Å². The lowest BCUT2D eigenvalue weighted by atomic mass is 10.1. The van der Waals surface area contributed by atoms with Crippen LogP contribution in [0, 0.1) is 0 Å². The molecular formula is C14H15NO. The number of hydrogen-bond acceptors (Lipinski definition) is 2. The van der Waals surface area contributed by atoms with E-state index in [0.29, 0.717) is 5.76 Å². The summed E-state index contributed by atoms with van der Waals surface area (Å²) in [5.74, 6) is 0.497. The highest BCUT2D eigenvalue weighted by atomic mass is 16.3. The largest absolute Gasteiger partial charge is 0.512 e. The van der Waals surface area contributed by atoms with Crippen molar-refractivity contribution in [2.24, 2.45) is 0 Å². The summed E-state index contributed by atoms with van der Waals surface area (Å²) in [6.45, 7) is 1.07. The Labute approximate surface area is 95.5 Å². The first kappa shape index (κ1) is 9.52. The second kappa shape index (κ2) is 3.71. The molecule has 2 nitrogen and oxygen atoms in total. The van der Waals surface area contributed by atoms with Crippen LogP contribution in [0.5, 0.6) is 0 Å². The normalized spacial score (nSPS) is 19.1. The fourth-order valence-corrected chi connectivity index (χ4v) is 2.48. The minimum absolute atomic E-state index is 0.497. The molecule has 0 bridgehead atoms. The van der Waals surface area contributed by atoms with Crippen molar-refractivity contribution < 1.29 is 5.11 Å². The Morgan fingerprint density at radius 2 is 1.88 bits per heavy atom. The Balaban J connectivity index is 1.94. The van der Waals surface area contributed by atoms with E-state index in [0.717, 1.165) is 25.8 Å². The number of nitrogens with zero attached hydrogens (tertiary/aromatic N) is 1. The number of benzene rings is 1. The average molecular weight is 213 g/mol. The third kappa shape index (κ3) is 1.51. The lowest BCUT2D eigenvalue weighted by Gasteiger charge is -2.24. The molecule has 0 unspecified atom stereocenters. The third-order valence-corrected chi connectivity index (χ3v) is 3.34. The molecule has 0 fully saturated rings. The van der Waals surface area contributed by atoms with Gasteiger partial charge in [-0.25, -0.2) is 0 Å². The fraction of sp³-hybridized carbons (Fsp3) is 0.286. The van der Waals surface area contributed by atoms with Gasteiger partial charge in [-0.2, -0.15) is 0 Å². The van der Waals surface area contributed by atoms with E-state index in [1.54, 1.807) is 0 Å². The maximum atomic E-state index is 9.36. The molecule has 0 saturated carbocycles. The quantitative estimate of drug-likeness (QED) is 0.774. The molecule has 16 heavy (non-hydrogen) atoms. The van der Waals surface area contributed by atoms with Crippen molar-refractivity contribution in [3.63, 3.8) is 0 Å². The fourth-order valence-electron chi connectivity index (χ4n) is 2.48. The summed E-state index contributed by atoms with van der Waals surface area (Å²) in [4.78, 5) is 2.37. The Morgan fingerprint density at radius 3 is 2.69 bits per heavy atom. The van der Waals surface area contributed by atoms with Gasteiger partial charge in [0.25, 0.3) is 0 Å². The SMILES string of the molecule is OC1=CC=C(N2CCc3ccccc32)CC1. The molecule has 0 amide bonds. The zero-order chi connectivity index (χ0) is 11.0. The van der Waals surface area contributed by atoms with E-state index in [4.69, 9.17) is 0 Å². The maximum Gasteiger partial charge on any atom is 0.0927 e. The summed E-state index contributed by atoms with van der Waals surface area (Å²) in [6.07, 6.45) is 6.70. The van der Waals surface area contributed by atoms with Crippen molar-refractivity contribution in [1.29, 1.82) is 0 Å². The summed E-state index contributed by atoms with van der Waals surface area (Å²) in [7, 11) is 0. The number of fused-ring (bicyclic) bond motifs is 1. The highest BCUT2D eigenvalue weighted by molar-refractivity contribution is 5.62. The minimum Gasteiger partial charge on any atom is -0.512 e. The minimum atomic E-state index is 0.497. The van der Waals surface area contributed by atoms with Gasteiger partial charge in [0.1, 0.15) is 0 Å². The van der Waals surface area contributed by atoms with Gasteiger partial charge < -0.3 is 10.0 Å². The van der Waals surface area contributed by atoms with E-state index in [1.807, 2.05) is 12.2 Å². The topological polar surface area (TPSA) is 23.5 Å². The van der Waals surface area contributed by atoms with Crippen molar-refractivity contribution in [3.05, 3.63) is 53.4 Å². The van der Waals surface area contributed by atoms with Crippen LogP contribution in [0.3, 0.4) is 0 Å². The van der Waals surface area contributed by atoms with Gasteiger partial charge in [0, 0.05) is 24.4 Å². The smallest absolute Gasteiger partial charge is 0.0927 e. The van der Waals surface area contributed by atoms with E-state index in [-0.39, 0.29) is 0 Å². The Bertz CT molecular complexity index is 473. The molecule has 1 aliphatic carbocycles. The van der Waals surface area contributed by atoms with Crippen LogP contribution in [0.1, 0.15) is 18.4 Å². The number of allylic oxidation sites excluding steroid dienone is 4. The molecule has 0 atom stereocenters. The van der Waals surface area contributed by atoms with Gasteiger partial charge in [-0.3, -0.25) is 0 Å². The van der Waals surface area contributed by atoms with Crippen LogP contribution in [0.15, 0.2) is 47.9 Å². The Morgan fingerprint density at radius 1 is 1.00 bits per heavy atom. The van der Waals surface area contributed by atoms with Crippen LogP contribution in [0.2, 0.25) is 0 Å². The molecule has 3 rings (SSSR count). The summed E-state index contributed by atoms with van der Waals surface area (Å²) in [6, 6.07) is 8.57. The van der Waals surface area contributed by atoms with Crippen LogP contribution in [-0.4, -0.2) is 11.7 Å². The zero-order valence-electron chi connectivity index (χ0n) is 9.19. The molecule has 1 N–H and O–H groups in total. The number of aliphatic hydroxyl groups excluding tert-OH is 1. The van der Waals surface area contributed by atoms with Crippen molar-refractivity contribution in [2.75, 3.05) is 11.4 Å². The van der Waals surface area contributed by atoms with Gasteiger partial charge in [-0.15, -0.1) is 0 Å².